The van der Waals surface area contributed by atoms with Gasteiger partial charge in [-0.1, -0.05) is 42.1 Å². The number of likely N-dealkylation sites (tertiary alicyclic amines) is 1. The molecule has 2 aromatic carbocycles. The fourth-order valence-corrected chi connectivity index (χ4v) is 4.47. The largest absolute Gasteiger partial charge is 0.349 e. The first kappa shape index (κ1) is 23.0. The number of nitrogens with one attached hydrogen (secondary N) is 2. The predicted molar refractivity (Wildman–Crippen MR) is 129 cm³/mol. The molecule has 2 N–H and O–H groups in total. The minimum atomic E-state index is -0.137. The molecule has 1 aliphatic heterocycles. The second kappa shape index (κ2) is 11.1. The molecule has 0 radical (unpaired) electrons. The van der Waals surface area contributed by atoms with Crippen LogP contribution in [0.2, 0.25) is 0 Å². The van der Waals surface area contributed by atoms with Crippen molar-refractivity contribution in [1.29, 1.82) is 0 Å². The molecule has 172 valence electrons. The number of piperidine rings is 1. The summed E-state index contributed by atoms with van der Waals surface area (Å²) < 4.78 is 1.76. The zero-order valence-electron chi connectivity index (χ0n) is 18.6. The van der Waals surface area contributed by atoms with Gasteiger partial charge in [-0.05, 0) is 42.7 Å². The van der Waals surface area contributed by atoms with Crippen molar-refractivity contribution in [3.63, 3.8) is 0 Å². The average molecular weight is 465 g/mol. The van der Waals surface area contributed by atoms with E-state index in [-0.39, 0.29) is 23.6 Å². The molecule has 0 unspecified atom stereocenters. The molecule has 4 rings (SSSR count). The van der Waals surface area contributed by atoms with Crippen molar-refractivity contribution < 1.29 is 9.59 Å². The average Bonchev–Trinajstić information content (AvgIpc) is 3.25. The molecule has 0 aliphatic carbocycles. The van der Waals surface area contributed by atoms with Crippen LogP contribution in [0.4, 0.5) is 5.69 Å². The maximum Gasteiger partial charge on any atom is 0.251 e. The van der Waals surface area contributed by atoms with Gasteiger partial charge in [-0.3, -0.25) is 14.5 Å². The van der Waals surface area contributed by atoms with E-state index in [0.29, 0.717) is 16.4 Å². The third-order valence-electron chi connectivity index (χ3n) is 5.60. The summed E-state index contributed by atoms with van der Waals surface area (Å²) in [5.41, 5.74) is 2.57. The Morgan fingerprint density at radius 2 is 1.79 bits per heavy atom. The van der Waals surface area contributed by atoms with Gasteiger partial charge in [0.2, 0.25) is 5.91 Å². The van der Waals surface area contributed by atoms with Gasteiger partial charge in [-0.25, -0.2) is 0 Å². The second-order valence-corrected chi connectivity index (χ2v) is 9.09. The second-order valence-electron chi connectivity index (χ2n) is 8.15. The first-order valence-corrected chi connectivity index (χ1v) is 12.0. The van der Waals surface area contributed by atoms with Crippen LogP contribution < -0.4 is 10.6 Å². The molecule has 0 atom stereocenters. The van der Waals surface area contributed by atoms with E-state index in [9.17, 15) is 9.59 Å². The number of amides is 2. The highest BCUT2D eigenvalue weighted by Gasteiger charge is 2.21. The Morgan fingerprint density at radius 1 is 1.06 bits per heavy atom. The standard InChI is InChI=1S/C24H28N6O2S/c1-29-17-25-28-24(29)33-16-22(31)26-20-9-7-19(8-10-20)23(32)27-21-11-13-30(14-12-21)15-18-5-3-2-4-6-18/h2-10,17,21H,11-16H2,1H3,(H,26,31)(H,27,32). The lowest BCUT2D eigenvalue weighted by Crippen LogP contribution is -2.44. The lowest BCUT2D eigenvalue weighted by Gasteiger charge is -2.32. The van der Waals surface area contributed by atoms with Gasteiger partial charge in [-0.15, -0.1) is 10.2 Å². The first-order chi connectivity index (χ1) is 16.1. The topological polar surface area (TPSA) is 92.1 Å². The van der Waals surface area contributed by atoms with E-state index < -0.39 is 0 Å². The summed E-state index contributed by atoms with van der Waals surface area (Å²) in [5, 5.41) is 14.4. The van der Waals surface area contributed by atoms with Crippen LogP contribution in [-0.2, 0) is 18.4 Å². The molecule has 3 aromatic rings. The fourth-order valence-electron chi connectivity index (χ4n) is 3.78. The maximum atomic E-state index is 12.7. The van der Waals surface area contributed by atoms with E-state index >= 15 is 0 Å². The molecule has 2 heterocycles. The predicted octanol–water partition coefficient (Wildman–Crippen LogP) is 2.94. The van der Waals surface area contributed by atoms with E-state index in [1.54, 1.807) is 35.2 Å². The number of carbonyl (C=O) groups is 2. The van der Waals surface area contributed by atoms with Crippen molar-refractivity contribution in [3.8, 4) is 0 Å². The first-order valence-electron chi connectivity index (χ1n) is 11.0. The quantitative estimate of drug-likeness (QED) is 0.498. The Labute approximate surface area is 197 Å². The number of aryl methyl sites for hydroxylation is 1. The summed E-state index contributed by atoms with van der Waals surface area (Å²) in [6, 6.07) is 17.6. The molecule has 1 aromatic heterocycles. The zero-order chi connectivity index (χ0) is 23.0. The van der Waals surface area contributed by atoms with Gasteiger partial charge in [0.25, 0.3) is 5.91 Å². The third-order valence-corrected chi connectivity index (χ3v) is 6.64. The molecule has 1 saturated heterocycles. The van der Waals surface area contributed by atoms with Gasteiger partial charge < -0.3 is 15.2 Å². The summed E-state index contributed by atoms with van der Waals surface area (Å²) in [6.45, 7) is 2.89. The highest BCUT2D eigenvalue weighted by molar-refractivity contribution is 7.99. The zero-order valence-corrected chi connectivity index (χ0v) is 19.4. The molecule has 9 heteroatoms. The van der Waals surface area contributed by atoms with E-state index in [1.165, 1.54) is 17.3 Å². The Hall–Kier alpha value is -3.17. The number of anilines is 1. The van der Waals surface area contributed by atoms with Crippen LogP contribution in [0.15, 0.2) is 66.1 Å². The molecule has 1 fully saturated rings. The highest BCUT2D eigenvalue weighted by atomic mass is 32.2. The molecule has 1 aliphatic rings. The van der Waals surface area contributed by atoms with E-state index in [4.69, 9.17) is 0 Å². The van der Waals surface area contributed by atoms with Gasteiger partial charge in [0.05, 0.1) is 5.75 Å². The van der Waals surface area contributed by atoms with Gasteiger partial charge in [0, 0.05) is 44.0 Å². The fraction of sp³-hybridized carbons (Fsp3) is 0.333. The Bertz CT molecular complexity index is 1060. The monoisotopic (exact) mass is 464 g/mol. The van der Waals surface area contributed by atoms with Crippen molar-refractivity contribution >= 4 is 29.3 Å². The van der Waals surface area contributed by atoms with Gasteiger partial charge >= 0.3 is 0 Å². The molecular formula is C24H28N6O2S. The Morgan fingerprint density at radius 3 is 2.45 bits per heavy atom. The maximum absolute atomic E-state index is 12.7. The van der Waals surface area contributed by atoms with E-state index in [1.807, 2.05) is 13.1 Å². The number of carbonyl (C=O) groups excluding carboxylic acids is 2. The molecule has 2 amide bonds. The smallest absolute Gasteiger partial charge is 0.251 e. The number of thioether (sulfide) groups is 1. The summed E-state index contributed by atoms with van der Waals surface area (Å²) in [5.74, 6) is 0.0206. The number of nitrogens with zero attached hydrogens (tertiary/aromatic N) is 4. The van der Waals surface area contributed by atoms with Crippen LogP contribution in [0.1, 0.15) is 28.8 Å². The van der Waals surface area contributed by atoms with Gasteiger partial charge in [0.15, 0.2) is 5.16 Å². The number of rotatable bonds is 8. The van der Waals surface area contributed by atoms with E-state index in [0.717, 1.165) is 32.5 Å². The molecular weight excluding hydrogens is 436 g/mol. The lowest BCUT2D eigenvalue weighted by molar-refractivity contribution is -0.113. The molecule has 8 nitrogen and oxygen atoms in total. The lowest BCUT2D eigenvalue weighted by atomic mass is 10.0. The van der Waals surface area contributed by atoms with Crippen LogP contribution in [0.3, 0.4) is 0 Å². The minimum absolute atomic E-state index is 0.0766. The highest BCUT2D eigenvalue weighted by Crippen LogP contribution is 2.17. The van der Waals surface area contributed by atoms with Crippen molar-refractivity contribution in [2.24, 2.45) is 7.05 Å². The van der Waals surface area contributed by atoms with Crippen molar-refractivity contribution in [2.45, 2.75) is 30.6 Å². The van der Waals surface area contributed by atoms with Crippen LogP contribution >= 0.6 is 11.8 Å². The minimum Gasteiger partial charge on any atom is -0.349 e. The van der Waals surface area contributed by atoms with Crippen LogP contribution in [0.5, 0.6) is 0 Å². The summed E-state index contributed by atoms with van der Waals surface area (Å²) in [7, 11) is 1.83. The van der Waals surface area contributed by atoms with Crippen LogP contribution in [0, 0.1) is 0 Å². The summed E-state index contributed by atoms with van der Waals surface area (Å²) >= 11 is 1.32. The Kier molecular flexibility index (Phi) is 7.74. The number of hydrogen-bond acceptors (Lipinski definition) is 6. The van der Waals surface area contributed by atoms with Gasteiger partial charge in [0.1, 0.15) is 6.33 Å². The third kappa shape index (κ3) is 6.66. The molecule has 0 saturated carbocycles. The van der Waals surface area contributed by atoms with Crippen LogP contribution in [0.25, 0.3) is 0 Å². The summed E-state index contributed by atoms with van der Waals surface area (Å²) in [6.07, 6.45) is 3.48. The number of hydrogen-bond donors (Lipinski definition) is 2. The van der Waals surface area contributed by atoms with Gasteiger partial charge in [-0.2, -0.15) is 0 Å². The van der Waals surface area contributed by atoms with Crippen molar-refractivity contribution in [3.05, 3.63) is 72.1 Å². The SMILES string of the molecule is Cn1cnnc1SCC(=O)Nc1ccc(C(=O)NC2CCN(Cc3ccccc3)CC2)cc1. The molecule has 33 heavy (non-hydrogen) atoms. The summed E-state index contributed by atoms with van der Waals surface area (Å²) in [4.78, 5) is 27.3. The molecule has 0 bridgehead atoms. The van der Waals surface area contributed by atoms with E-state index in [2.05, 4.69) is 50.0 Å². The van der Waals surface area contributed by atoms with Crippen LogP contribution in [-0.4, -0.2) is 56.4 Å². The number of benzene rings is 2. The molecule has 0 spiro atoms. The van der Waals surface area contributed by atoms with Crippen molar-refractivity contribution in [2.75, 3.05) is 24.2 Å². The number of aromatic nitrogens is 3. The Balaban J connectivity index is 1.20. The van der Waals surface area contributed by atoms with Crippen molar-refractivity contribution in [1.82, 2.24) is 25.0 Å². The normalized spacial score (nSPS) is 14.7.